The molecule has 1 N–H and O–H groups in total. The molecule has 0 heterocycles. The highest BCUT2D eigenvalue weighted by molar-refractivity contribution is 5.60. The Kier molecular flexibility index (Phi) is 4.12. The van der Waals surface area contributed by atoms with Gasteiger partial charge in [-0.05, 0) is 56.1 Å². The van der Waals surface area contributed by atoms with Crippen molar-refractivity contribution < 1.29 is 9.84 Å². The molecule has 3 unspecified atom stereocenters. The monoisotopic (exact) mass is 289 g/mol. The number of aliphatic hydroxyl groups is 1. The predicted molar refractivity (Wildman–Crippen MR) is 85.8 cm³/mol. The average molecular weight is 289 g/mol. The van der Waals surface area contributed by atoms with Crippen LogP contribution in [0.3, 0.4) is 0 Å². The molecule has 4 atom stereocenters. The Morgan fingerprint density at radius 2 is 2.14 bits per heavy atom. The molecule has 21 heavy (non-hydrogen) atoms. The van der Waals surface area contributed by atoms with Gasteiger partial charge in [0.25, 0.3) is 0 Å². The summed E-state index contributed by atoms with van der Waals surface area (Å²) in [6.07, 6.45) is 5.19. The van der Waals surface area contributed by atoms with Crippen molar-refractivity contribution in [3.05, 3.63) is 23.8 Å². The van der Waals surface area contributed by atoms with E-state index in [0.29, 0.717) is 0 Å². The molecule has 3 heteroatoms. The molecular formula is C18H27NO2. The fourth-order valence-electron chi connectivity index (χ4n) is 4.51. The Balaban J connectivity index is 1.79. The van der Waals surface area contributed by atoms with Gasteiger partial charge in [0.05, 0.1) is 13.2 Å². The highest BCUT2D eigenvalue weighted by Gasteiger charge is 2.39. The first-order valence-electron chi connectivity index (χ1n) is 8.16. The van der Waals surface area contributed by atoms with Gasteiger partial charge in [-0.15, -0.1) is 0 Å². The van der Waals surface area contributed by atoms with Crippen LogP contribution >= 0.6 is 0 Å². The molecule has 1 aromatic carbocycles. The van der Waals surface area contributed by atoms with E-state index in [1.165, 1.54) is 25.7 Å². The molecule has 2 saturated carbocycles. The minimum Gasteiger partial charge on any atom is -0.496 e. The van der Waals surface area contributed by atoms with Crippen LogP contribution in [0.1, 0.15) is 44.3 Å². The summed E-state index contributed by atoms with van der Waals surface area (Å²) in [7, 11) is 3.81. The van der Waals surface area contributed by atoms with Gasteiger partial charge in [-0.3, -0.25) is 0 Å². The third-order valence-electron chi connectivity index (χ3n) is 5.48. The summed E-state index contributed by atoms with van der Waals surface area (Å²) in [4.78, 5) is 2.32. The normalized spacial score (nSPS) is 28.7. The summed E-state index contributed by atoms with van der Waals surface area (Å²) < 4.78 is 5.43. The topological polar surface area (TPSA) is 32.7 Å². The van der Waals surface area contributed by atoms with Gasteiger partial charge in [0.2, 0.25) is 0 Å². The van der Waals surface area contributed by atoms with Gasteiger partial charge < -0.3 is 14.7 Å². The zero-order chi connectivity index (χ0) is 15.0. The molecular weight excluding hydrogens is 262 g/mol. The number of fused-ring (bicyclic) bond motifs is 2. The van der Waals surface area contributed by atoms with Crippen LogP contribution < -0.4 is 9.64 Å². The second-order valence-corrected chi connectivity index (χ2v) is 6.88. The number of rotatable bonds is 5. The van der Waals surface area contributed by atoms with Crippen molar-refractivity contribution in [3.8, 4) is 5.75 Å². The molecule has 3 nitrogen and oxygen atoms in total. The lowest BCUT2D eigenvalue weighted by Crippen LogP contribution is -2.29. The fourth-order valence-corrected chi connectivity index (χ4v) is 4.51. The van der Waals surface area contributed by atoms with E-state index in [-0.39, 0.29) is 0 Å². The molecule has 0 spiro atoms. The van der Waals surface area contributed by atoms with Gasteiger partial charge >= 0.3 is 0 Å². The van der Waals surface area contributed by atoms with Crippen molar-refractivity contribution in [1.29, 1.82) is 0 Å². The van der Waals surface area contributed by atoms with E-state index in [4.69, 9.17) is 4.74 Å². The first-order valence-corrected chi connectivity index (χ1v) is 8.16. The van der Waals surface area contributed by atoms with E-state index in [9.17, 15) is 5.11 Å². The van der Waals surface area contributed by atoms with Gasteiger partial charge in [-0.2, -0.15) is 0 Å². The lowest BCUT2D eigenvalue weighted by atomic mass is 9.88. The van der Waals surface area contributed by atoms with Crippen LogP contribution in [0, 0.1) is 17.8 Å². The fraction of sp³-hybridized carbons (Fsp3) is 0.667. The van der Waals surface area contributed by atoms with Crippen LogP contribution in [0.5, 0.6) is 5.75 Å². The van der Waals surface area contributed by atoms with Gasteiger partial charge in [0.1, 0.15) is 5.75 Å². The van der Waals surface area contributed by atoms with Gasteiger partial charge in [-0.25, -0.2) is 0 Å². The van der Waals surface area contributed by atoms with Crippen LogP contribution in [-0.4, -0.2) is 25.8 Å². The minimum atomic E-state index is -0.515. The Bertz CT molecular complexity index is 500. The standard InChI is InChI=1S/C18H27NO2/c1-12(20)18-16(5-4-6-17(18)21-3)19(2)11-15-10-13-7-8-14(15)9-13/h4-6,12-15,20H,7-11H2,1-3H3/t12-,13?,14?,15?/m0/s1. The maximum Gasteiger partial charge on any atom is 0.126 e. The summed E-state index contributed by atoms with van der Waals surface area (Å²) in [6.45, 7) is 2.90. The first kappa shape index (κ1) is 14.7. The molecule has 3 rings (SSSR count). The maximum absolute atomic E-state index is 10.1. The Hall–Kier alpha value is -1.22. The van der Waals surface area contributed by atoms with E-state index in [0.717, 1.165) is 41.3 Å². The number of anilines is 1. The molecule has 116 valence electrons. The zero-order valence-electron chi connectivity index (χ0n) is 13.4. The van der Waals surface area contributed by atoms with Crippen molar-refractivity contribution >= 4 is 5.69 Å². The second kappa shape index (κ2) is 5.88. The van der Waals surface area contributed by atoms with E-state index in [1.807, 2.05) is 19.1 Å². The van der Waals surface area contributed by atoms with E-state index < -0.39 is 6.10 Å². The SMILES string of the molecule is COc1cccc(N(C)CC2CC3CCC2C3)c1[C@H](C)O. The molecule has 2 bridgehead atoms. The Morgan fingerprint density at radius 3 is 2.71 bits per heavy atom. The molecule has 1 aromatic rings. The van der Waals surface area contributed by atoms with Crippen molar-refractivity contribution in [1.82, 2.24) is 0 Å². The Labute approximate surface area is 127 Å². The largest absolute Gasteiger partial charge is 0.496 e. The summed E-state index contributed by atoms with van der Waals surface area (Å²) in [5.74, 6) is 3.51. The van der Waals surface area contributed by atoms with Crippen LogP contribution in [0.15, 0.2) is 18.2 Å². The van der Waals surface area contributed by atoms with Crippen molar-refractivity contribution in [2.24, 2.45) is 17.8 Å². The predicted octanol–water partition coefficient (Wildman–Crippen LogP) is 3.62. The van der Waals surface area contributed by atoms with Crippen molar-refractivity contribution in [2.45, 2.75) is 38.7 Å². The Morgan fingerprint density at radius 1 is 1.33 bits per heavy atom. The van der Waals surface area contributed by atoms with E-state index >= 15 is 0 Å². The molecule has 0 radical (unpaired) electrons. The molecule has 2 aliphatic rings. The number of nitrogens with zero attached hydrogens (tertiary/aromatic N) is 1. The second-order valence-electron chi connectivity index (χ2n) is 6.88. The molecule has 0 saturated heterocycles. The third-order valence-corrected chi connectivity index (χ3v) is 5.48. The highest BCUT2D eigenvalue weighted by atomic mass is 16.5. The van der Waals surface area contributed by atoms with Crippen LogP contribution in [-0.2, 0) is 0 Å². The van der Waals surface area contributed by atoms with Crippen LogP contribution in [0.2, 0.25) is 0 Å². The number of ether oxygens (including phenoxy) is 1. The smallest absolute Gasteiger partial charge is 0.126 e. The molecule has 0 amide bonds. The highest BCUT2D eigenvalue weighted by Crippen LogP contribution is 2.49. The summed E-state index contributed by atoms with van der Waals surface area (Å²) in [6, 6.07) is 6.03. The van der Waals surface area contributed by atoms with Gasteiger partial charge in [0.15, 0.2) is 0 Å². The average Bonchev–Trinajstić information content (AvgIpc) is 3.08. The summed E-state index contributed by atoms with van der Waals surface area (Å²) in [5, 5.41) is 10.1. The van der Waals surface area contributed by atoms with Crippen LogP contribution in [0.4, 0.5) is 5.69 Å². The number of aliphatic hydroxyl groups excluding tert-OH is 1. The molecule has 0 aliphatic heterocycles. The lowest BCUT2D eigenvalue weighted by Gasteiger charge is -2.31. The van der Waals surface area contributed by atoms with Gasteiger partial charge in [-0.1, -0.05) is 12.5 Å². The maximum atomic E-state index is 10.1. The van der Waals surface area contributed by atoms with E-state index in [2.05, 4.69) is 18.0 Å². The van der Waals surface area contributed by atoms with Crippen molar-refractivity contribution in [2.75, 3.05) is 25.6 Å². The molecule has 0 aromatic heterocycles. The number of hydrogen-bond donors (Lipinski definition) is 1. The molecule has 2 aliphatic carbocycles. The zero-order valence-corrected chi connectivity index (χ0v) is 13.4. The number of methoxy groups -OCH3 is 1. The molecule has 2 fully saturated rings. The lowest BCUT2D eigenvalue weighted by molar-refractivity contribution is 0.194. The van der Waals surface area contributed by atoms with Gasteiger partial charge in [0, 0.05) is 24.8 Å². The third kappa shape index (κ3) is 2.76. The quantitative estimate of drug-likeness (QED) is 0.898. The van der Waals surface area contributed by atoms with E-state index in [1.54, 1.807) is 7.11 Å². The minimum absolute atomic E-state index is 0.515. The summed E-state index contributed by atoms with van der Waals surface area (Å²) in [5.41, 5.74) is 2.01. The number of hydrogen-bond acceptors (Lipinski definition) is 3. The first-order chi connectivity index (χ1) is 10.1. The summed E-state index contributed by atoms with van der Waals surface area (Å²) >= 11 is 0. The number of benzene rings is 1. The van der Waals surface area contributed by atoms with Crippen LogP contribution in [0.25, 0.3) is 0 Å². The van der Waals surface area contributed by atoms with Crippen molar-refractivity contribution in [3.63, 3.8) is 0 Å².